The zero-order valence-electron chi connectivity index (χ0n) is 16.0. The number of ether oxygens (including phenoxy) is 2. The zero-order valence-corrected chi connectivity index (χ0v) is 16.9. The highest BCUT2D eigenvalue weighted by molar-refractivity contribution is 7.47. The minimum Gasteiger partial charge on any atom is -0.390 e. The molecule has 0 radical (unpaired) electrons. The second kappa shape index (κ2) is 11.1. The summed E-state index contributed by atoms with van der Waals surface area (Å²) in [7, 11) is -4.37. The van der Waals surface area contributed by atoms with Crippen LogP contribution in [0.4, 0.5) is 4.39 Å². The summed E-state index contributed by atoms with van der Waals surface area (Å²) < 4.78 is 46.4. The molecule has 1 aromatic rings. The molecule has 2 rings (SSSR count). The van der Waals surface area contributed by atoms with Gasteiger partial charge in [-0.1, -0.05) is 13.3 Å². The highest BCUT2D eigenvalue weighted by Crippen LogP contribution is 2.44. The predicted molar refractivity (Wildman–Crippen MR) is 97.9 cm³/mol. The van der Waals surface area contributed by atoms with Crippen LogP contribution >= 0.6 is 7.82 Å². The fourth-order valence-corrected chi connectivity index (χ4v) is 3.37. The van der Waals surface area contributed by atoms with E-state index in [4.69, 9.17) is 18.5 Å². The van der Waals surface area contributed by atoms with Crippen molar-refractivity contribution in [1.29, 1.82) is 0 Å². The lowest BCUT2D eigenvalue weighted by molar-refractivity contribution is -0.0469. The number of H-pyrrole nitrogens is 1. The summed E-state index contributed by atoms with van der Waals surface area (Å²) in [5.41, 5.74) is -2.08. The second-order valence-corrected chi connectivity index (χ2v) is 7.95. The standard InChI is InChI=1S/C16H26FN2O9P/c1-2-3-5-25-6-4-7-26-29(23,24)27-10-13-12(20)8-14(28-13)19-9-11(17)15(21)18-16(19)22/h9,12-14,20H,2-8,10H2,1H3,(H,23,24)(H,18,21,22)/t12-,13+,14+/m0/s1. The van der Waals surface area contributed by atoms with Crippen molar-refractivity contribution in [3.63, 3.8) is 0 Å². The number of unbranched alkanes of at least 4 members (excludes halogenated alkanes) is 1. The first-order valence-corrected chi connectivity index (χ1v) is 10.8. The van der Waals surface area contributed by atoms with Crippen molar-refractivity contribution < 1.29 is 37.5 Å². The number of aromatic nitrogens is 2. The van der Waals surface area contributed by atoms with Gasteiger partial charge in [-0.3, -0.25) is 23.4 Å². The van der Waals surface area contributed by atoms with Crippen molar-refractivity contribution in [3.05, 3.63) is 32.9 Å². The summed E-state index contributed by atoms with van der Waals surface area (Å²) >= 11 is 0. The fraction of sp³-hybridized carbons (Fsp3) is 0.750. The molecule has 2 heterocycles. The van der Waals surface area contributed by atoms with Crippen LogP contribution in [0.25, 0.3) is 0 Å². The lowest BCUT2D eigenvalue weighted by Crippen LogP contribution is -2.34. The maximum atomic E-state index is 13.4. The molecule has 0 aromatic carbocycles. The minimum absolute atomic E-state index is 0.0529. The summed E-state index contributed by atoms with van der Waals surface area (Å²) in [5.74, 6) is -1.19. The van der Waals surface area contributed by atoms with Gasteiger partial charge in [0.2, 0.25) is 5.82 Å². The number of aliphatic hydroxyl groups excluding tert-OH is 1. The molecule has 13 heteroatoms. The molecule has 3 N–H and O–H groups in total. The quantitative estimate of drug-likeness (QED) is 0.315. The molecule has 1 unspecified atom stereocenters. The molecule has 11 nitrogen and oxygen atoms in total. The Kier molecular flexibility index (Phi) is 9.15. The van der Waals surface area contributed by atoms with Gasteiger partial charge in [-0.2, -0.15) is 4.39 Å². The Labute approximate surface area is 166 Å². The molecule has 29 heavy (non-hydrogen) atoms. The van der Waals surface area contributed by atoms with E-state index >= 15 is 0 Å². The largest absolute Gasteiger partial charge is 0.472 e. The van der Waals surface area contributed by atoms with E-state index in [1.54, 1.807) is 4.98 Å². The third-order valence-electron chi connectivity index (χ3n) is 4.17. The Bertz CT molecular complexity index is 814. The molecule has 0 aliphatic carbocycles. The summed E-state index contributed by atoms with van der Waals surface area (Å²) in [5, 5.41) is 10.0. The molecule has 0 amide bonds. The third-order valence-corrected chi connectivity index (χ3v) is 5.15. The fourth-order valence-electron chi connectivity index (χ4n) is 2.60. The van der Waals surface area contributed by atoms with Gasteiger partial charge in [-0.25, -0.2) is 9.36 Å². The van der Waals surface area contributed by atoms with Gasteiger partial charge in [0.1, 0.15) is 12.3 Å². The topological polar surface area (TPSA) is 149 Å². The normalized spacial score (nSPS) is 23.9. The SMILES string of the molecule is CCCCOCCCOP(=O)(O)OC[C@H]1O[C@@H](n2cc(F)c(=O)[nH]c2=O)C[C@@H]1O. The molecule has 1 aliphatic heterocycles. The van der Waals surface area contributed by atoms with Crippen LogP contribution < -0.4 is 11.2 Å². The van der Waals surface area contributed by atoms with Crippen LogP contribution in [-0.4, -0.2) is 58.2 Å². The van der Waals surface area contributed by atoms with Crippen LogP contribution in [0, 0.1) is 5.82 Å². The van der Waals surface area contributed by atoms with Gasteiger partial charge in [0.25, 0.3) is 5.56 Å². The monoisotopic (exact) mass is 440 g/mol. The first-order chi connectivity index (χ1) is 13.7. The van der Waals surface area contributed by atoms with E-state index in [2.05, 4.69) is 0 Å². The van der Waals surface area contributed by atoms with Crippen molar-refractivity contribution in [2.75, 3.05) is 26.4 Å². The number of nitrogens with zero attached hydrogens (tertiary/aromatic N) is 1. The Morgan fingerprint density at radius 2 is 2.03 bits per heavy atom. The maximum Gasteiger partial charge on any atom is 0.472 e. The van der Waals surface area contributed by atoms with Crippen molar-refractivity contribution in [2.45, 2.75) is 51.0 Å². The number of aliphatic hydroxyl groups is 1. The van der Waals surface area contributed by atoms with Crippen LogP contribution in [0.5, 0.6) is 0 Å². The lowest BCUT2D eigenvalue weighted by atomic mass is 10.2. The molecule has 0 saturated carbocycles. The van der Waals surface area contributed by atoms with E-state index in [1.165, 1.54) is 0 Å². The number of nitrogens with one attached hydrogen (secondary N) is 1. The first kappa shape index (κ1) is 23.9. The first-order valence-electron chi connectivity index (χ1n) is 9.27. The van der Waals surface area contributed by atoms with Gasteiger partial charge in [0, 0.05) is 19.6 Å². The van der Waals surface area contributed by atoms with Crippen LogP contribution in [0.15, 0.2) is 15.8 Å². The molecule has 1 aliphatic rings. The molecule has 0 bridgehead atoms. The van der Waals surface area contributed by atoms with E-state index in [0.29, 0.717) is 25.8 Å². The number of phosphoric acid groups is 1. The molecule has 1 saturated heterocycles. The lowest BCUT2D eigenvalue weighted by Gasteiger charge is -2.18. The average Bonchev–Trinajstić information content (AvgIpc) is 3.03. The molecular formula is C16H26FN2O9P. The summed E-state index contributed by atoms with van der Waals surface area (Å²) in [4.78, 5) is 34.3. The third kappa shape index (κ3) is 7.41. The summed E-state index contributed by atoms with van der Waals surface area (Å²) in [6.07, 6.45) is -0.351. The van der Waals surface area contributed by atoms with Gasteiger partial charge in [0.05, 0.1) is 25.5 Å². The van der Waals surface area contributed by atoms with Gasteiger partial charge in [0.15, 0.2) is 0 Å². The number of hydrogen-bond donors (Lipinski definition) is 3. The van der Waals surface area contributed by atoms with Crippen molar-refractivity contribution in [3.8, 4) is 0 Å². The smallest absolute Gasteiger partial charge is 0.390 e. The molecule has 166 valence electrons. The molecule has 0 spiro atoms. The molecule has 1 fully saturated rings. The van der Waals surface area contributed by atoms with Gasteiger partial charge in [-0.05, 0) is 12.8 Å². The van der Waals surface area contributed by atoms with Crippen LogP contribution in [0.1, 0.15) is 38.8 Å². The number of phosphoric ester groups is 1. The van der Waals surface area contributed by atoms with Crippen LogP contribution in [-0.2, 0) is 23.1 Å². The van der Waals surface area contributed by atoms with E-state index in [0.717, 1.165) is 17.4 Å². The number of halogens is 1. The molecular weight excluding hydrogens is 414 g/mol. The number of hydrogen-bond acceptors (Lipinski definition) is 8. The average molecular weight is 440 g/mol. The Hall–Kier alpha value is -1.40. The van der Waals surface area contributed by atoms with Crippen molar-refractivity contribution in [1.82, 2.24) is 9.55 Å². The van der Waals surface area contributed by atoms with E-state index in [-0.39, 0.29) is 13.0 Å². The van der Waals surface area contributed by atoms with E-state index < -0.39 is 49.9 Å². The Balaban J connectivity index is 1.79. The number of aromatic amines is 1. The van der Waals surface area contributed by atoms with Gasteiger partial charge in [-0.15, -0.1) is 0 Å². The van der Waals surface area contributed by atoms with Gasteiger partial charge < -0.3 is 19.5 Å². The number of rotatable bonds is 12. The maximum absolute atomic E-state index is 13.4. The van der Waals surface area contributed by atoms with Crippen LogP contribution in [0.2, 0.25) is 0 Å². The van der Waals surface area contributed by atoms with E-state index in [1.807, 2.05) is 6.92 Å². The Morgan fingerprint density at radius 3 is 2.76 bits per heavy atom. The highest BCUT2D eigenvalue weighted by atomic mass is 31.2. The molecule has 4 atom stereocenters. The summed E-state index contributed by atoms with van der Waals surface area (Å²) in [6, 6.07) is 0. The van der Waals surface area contributed by atoms with E-state index in [9.17, 15) is 28.5 Å². The van der Waals surface area contributed by atoms with Crippen LogP contribution in [0.3, 0.4) is 0 Å². The molecule has 1 aromatic heterocycles. The summed E-state index contributed by atoms with van der Waals surface area (Å²) in [6.45, 7) is 2.50. The Morgan fingerprint density at radius 1 is 1.31 bits per heavy atom. The minimum atomic E-state index is -4.37. The van der Waals surface area contributed by atoms with Crippen molar-refractivity contribution >= 4 is 7.82 Å². The second-order valence-electron chi connectivity index (χ2n) is 6.49. The highest BCUT2D eigenvalue weighted by Gasteiger charge is 2.37. The predicted octanol–water partition coefficient (Wildman–Crippen LogP) is 0.664. The van der Waals surface area contributed by atoms with Gasteiger partial charge >= 0.3 is 13.5 Å². The zero-order chi connectivity index (χ0) is 21.4. The van der Waals surface area contributed by atoms with Crippen molar-refractivity contribution in [2.24, 2.45) is 0 Å².